The summed E-state index contributed by atoms with van der Waals surface area (Å²) in [6.45, 7) is 17.8. The van der Waals surface area contributed by atoms with E-state index in [4.69, 9.17) is 18.9 Å². The highest BCUT2D eigenvalue weighted by molar-refractivity contribution is 6.04. The van der Waals surface area contributed by atoms with E-state index in [1.54, 1.807) is 0 Å². The quantitative estimate of drug-likeness (QED) is 0.524. The maximum atomic E-state index is 14.1. The number of hydrogen-bond acceptors (Lipinski definition) is 5. The number of ketones is 1. The molecule has 5 heteroatoms. The average molecular weight is 431 g/mol. The van der Waals surface area contributed by atoms with Crippen LogP contribution in [0, 0.1) is 34.0 Å². The van der Waals surface area contributed by atoms with Crippen molar-refractivity contribution in [3.8, 4) is 0 Å². The lowest BCUT2D eigenvalue weighted by Gasteiger charge is -2.72. The van der Waals surface area contributed by atoms with Gasteiger partial charge in [-0.05, 0) is 82.6 Å². The first-order valence-electron chi connectivity index (χ1n) is 12.3. The van der Waals surface area contributed by atoms with Crippen molar-refractivity contribution in [2.45, 2.75) is 104 Å². The van der Waals surface area contributed by atoms with Crippen molar-refractivity contribution in [1.82, 2.24) is 0 Å². The second-order valence-corrected chi connectivity index (χ2v) is 12.8. The van der Waals surface area contributed by atoms with Gasteiger partial charge in [0.1, 0.15) is 0 Å². The van der Waals surface area contributed by atoms with E-state index in [1.807, 2.05) is 27.7 Å². The fourth-order valence-corrected chi connectivity index (χ4v) is 9.08. The van der Waals surface area contributed by atoms with E-state index < -0.39 is 17.0 Å². The Bertz CT molecular complexity index is 858. The highest BCUT2D eigenvalue weighted by Gasteiger charge is 2.80. The lowest BCUT2D eigenvalue weighted by Crippen LogP contribution is -2.77. The largest absolute Gasteiger partial charge is 0.350 e. The zero-order chi connectivity index (χ0) is 22.2. The molecule has 4 saturated carbocycles. The minimum Gasteiger partial charge on any atom is -0.350 e. The molecule has 2 spiro atoms. The van der Waals surface area contributed by atoms with Gasteiger partial charge in [-0.1, -0.05) is 20.4 Å². The standard InChI is InChI=1S/C26H38O5/c1-14-15-8-9-16-25-13-28-23(4,5)29-18(25)10-11-22(2,3)17(25)12-19-26(16,20(14)27)21(15)31-24(6,7)30-19/h15-19,21H,1,8-13H2,2-7H3/t15-,16-,17+,18+,19+,21+,25-,26-/m0/s1. The topological polar surface area (TPSA) is 54.0 Å². The van der Waals surface area contributed by atoms with Gasteiger partial charge in [0.15, 0.2) is 17.4 Å². The normalized spacial score (nSPS) is 53.4. The predicted octanol–water partition coefficient (Wildman–Crippen LogP) is 4.64. The van der Waals surface area contributed by atoms with Crippen LogP contribution in [-0.2, 0) is 23.7 Å². The molecule has 2 bridgehead atoms. The van der Waals surface area contributed by atoms with Gasteiger partial charge >= 0.3 is 0 Å². The summed E-state index contributed by atoms with van der Waals surface area (Å²) in [5.74, 6) is -0.451. The van der Waals surface area contributed by atoms with Gasteiger partial charge in [0, 0.05) is 11.3 Å². The van der Waals surface area contributed by atoms with E-state index in [-0.39, 0.29) is 46.8 Å². The van der Waals surface area contributed by atoms with Crippen molar-refractivity contribution in [3.05, 3.63) is 12.2 Å². The number of carbonyl (C=O) groups excluding carboxylic acids is 1. The maximum absolute atomic E-state index is 14.1. The maximum Gasteiger partial charge on any atom is 0.170 e. The summed E-state index contributed by atoms with van der Waals surface area (Å²) in [5, 5.41) is 0. The van der Waals surface area contributed by atoms with Crippen LogP contribution in [0.2, 0.25) is 0 Å². The molecule has 5 nitrogen and oxygen atoms in total. The molecule has 172 valence electrons. The van der Waals surface area contributed by atoms with Crippen LogP contribution >= 0.6 is 0 Å². The van der Waals surface area contributed by atoms with E-state index >= 15 is 0 Å². The molecule has 0 aromatic rings. The molecular formula is C26H38O5. The number of Topliss-reactive ketones (excluding diaryl/α,β-unsaturated/α-hetero) is 1. The van der Waals surface area contributed by atoms with Crippen LogP contribution in [0.15, 0.2) is 12.2 Å². The Morgan fingerprint density at radius 1 is 0.871 bits per heavy atom. The van der Waals surface area contributed by atoms with Crippen molar-refractivity contribution in [3.63, 3.8) is 0 Å². The zero-order valence-corrected chi connectivity index (χ0v) is 20.0. The third kappa shape index (κ3) is 2.34. The summed E-state index contributed by atoms with van der Waals surface area (Å²) in [7, 11) is 0. The molecule has 0 amide bonds. The molecule has 6 fully saturated rings. The Morgan fingerprint density at radius 3 is 2.32 bits per heavy atom. The first kappa shape index (κ1) is 20.8. The van der Waals surface area contributed by atoms with E-state index in [1.165, 1.54) is 0 Å². The van der Waals surface area contributed by atoms with Gasteiger partial charge < -0.3 is 18.9 Å². The van der Waals surface area contributed by atoms with Crippen LogP contribution in [0.3, 0.4) is 0 Å². The Hall–Kier alpha value is -0.750. The molecule has 0 aromatic heterocycles. The summed E-state index contributed by atoms with van der Waals surface area (Å²) in [6.07, 6.45) is 4.77. The molecule has 6 aliphatic rings. The molecule has 4 aliphatic carbocycles. The van der Waals surface area contributed by atoms with Crippen molar-refractivity contribution in [2.24, 2.45) is 34.0 Å². The Kier molecular flexibility index (Phi) is 3.92. The Labute approximate surface area is 186 Å². The number of carbonyl (C=O) groups is 1. The number of hydrogen-bond donors (Lipinski definition) is 0. The molecule has 0 radical (unpaired) electrons. The summed E-state index contributed by atoms with van der Waals surface area (Å²) in [4.78, 5) is 14.1. The van der Waals surface area contributed by atoms with Gasteiger partial charge in [-0.2, -0.15) is 0 Å². The summed E-state index contributed by atoms with van der Waals surface area (Å²) in [5.41, 5.74) is 0.0683. The van der Waals surface area contributed by atoms with Gasteiger partial charge in [0.25, 0.3) is 0 Å². The molecule has 6 rings (SSSR count). The minimum absolute atomic E-state index is 0.100. The molecule has 8 atom stereocenters. The smallest absolute Gasteiger partial charge is 0.170 e. The first-order chi connectivity index (χ1) is 14.4. The fourth-order valence-electron chi connectivity index (χ4n) is 9.08. The Balaban J connectivity index is 1.57. The molecule has 2 heterocycles. The molecule has 0 unspecified atom stereocenters. The van der Waals surface area contributed by atoms with Gasteiger partial charge in [-0.15, -0.1) is 0 Å². The van der Waals surface area contributed by atoms with Crippen molar-refractivity contribution in [2.75, 3.05) is 6.61 Å². The highest BCUT2D eigenvalue weighted by Crippen LogP contribution is 2.74. The summed E-state index contributed by atoms with van der Waals surface area (Å²) < 4.78 is 26.3. The second-order valence-electron chi connectivity index (χ2n) is 12.8. The molecule has 31 heavy (non-hydrogen) atoms. The van der Waals surface area contributed by atoms with Crippen LogP contribution in [0.5, 0.6) is 0 Å². The van der Waals surface area contributed by atoms with Gasteiger partial charge in [0.05, 0.1) is 30.3 Å². The minimum atomic E-state index is -0.686. The lowest BCUT2D eigenvalue weighted by molar-refractivity contribution is -0.416. The molecule has 0 N–H and O–H groups in total. The monoisotopic (exact) mass is 430 g/mol. The van der Waals surface area contributed by atoms with E-state index in [9.17, 15) is 4.79 Å². The third-order valence-electron chi connectivity index (χ3n) is 10.1. The van der Waals surface area contributed by atoms with Crippen LogP contribution in [-0.4, -0.2) is 42.3 Å². The van der Waals surface area contributed by atoms with E-state index in [2.05, 4.69) is 20.4 Å². The molecule has 2 saturated heterocycles. The summed E-state index contributed by atoms with van der Waals surface area (Å²) in [6, 6.07) is 0. The fraction of sp³-hybridized carbons (Fsp3) is 0.885. The molecular weight excluding hydrogens is 392 g/mol. The lowest BCUT2D eigenvalue weighted by atomic mass is 9.38. The van der Waals surface area contributed by atoms with Gasteiger partial charge in [-0.25, -0.2) is 0 Å². The van der Waals surface area contributed by atoms with Crippen LogP contribution in [0.4, 0.5) is 0 Å². The first-order valence-corrected chi connectivity index (χ1v) is 12.3. The number of ether oxygens (including phenoxy) is 4. The van der Waals surface area contributed by atoms with Crippen LogP contribution in [0.25, 0.3) is 0 Å². The van der Waals surface area contributed by atoms with E-state index in [0.29, 0.717) is 12.5 Å². The van der Waals surface area contributed by atoms with Crippen LogP contribution in [0.1, 0.15) is 73.6 Å². The van der Waals surface area contributed by atoms with Gasteiger partial charge in [-0.3, -0.25) is 4.79 Å². The average Bonchev–Trinajstić information content (AvgIpc) is 2.78. The highest BCUT2D eigenvalue weighted by atomic mass is 16.7. The van der Waals surface area contributed by atoms with Gasteiger partial charge in [0.2, 0.25) is 0 Å². The zero-order valence-electron chi connectivity index (χ0n) is 20.0. The SMILES string of the molecule is C=C1C(=O)[C@@]23[C@@H]4OC(C)(C)O[C@@H]2C[C@@H]2C(C)(C)CC[C@H]5OC(C)(C)OC[C@]25[C@@H]3CC[C@@H]14. The molecule has 2 aliphatic heterocycles. The molecule has 0 aromatic carbocycles. The van der Waals surface area contributed by atoms with Crippen molar-refractivity contribution in [1.29, 1.82) is 0 Å². The van der Waals surface area contributed by atoms with E-state index in [0.717, 1.165) is 37.7 Å². The Morgan fingerprint density at radius 2 is 1.58 bits per heavy atom. The third-order valence-corrected chi connectivity index (χ3v) is 10.1. The summed E-state index contributed by atoms with van der Waals surface area (Å²) >= 11 is 0. The predicted molar refractivity (Wildman–Crippen MR) is 115 cm³/mol. The van der Waals surface area contributed by atoms with Crippen molar-refractivity contribution < 1.29 is 23.7 Å². The van der Waals surface area contributed by atoms with Crippen molar-refractivity contribution >= 4 is 5.78 Å². The second kappa shape index (κ2) is 5.84. The van der Waals surface area contributed by atoms with Crippen LogP contribution < -0.4 is 0 Å². The number of rotatable bonds is 0.